The molecule has 2 heterocycles. The fourth-order valence-electron chi connectivity index (χ4n) is 2.81. The van der Waals surface area contributed by atoms with Gasteiger partial charge in [-0.25, -0.2) is 0 Å². The summed E-state index contributed by atoms with van der Waals surface area (Å²) in [6.07, 6.45) is 7.14. The topological polar surface area (TPSA) is 15.3 Å². The summed E-state index contributed by atoms with van der Waals surface area (Å²) in [5, 5.41) is 3.38. The van der Waals surface area contributed by atoms with Crippen LogP contribution >= 0.6 is 0 Å². The first-order valence-corrected chi connectivity index (χ1v) is 6.81. The lowest BCUT2D eigenvalue weighted by atomic mass is 9.84. The Kier molecular flexibility index (Phi) is 4.45. The van der Waals surface area contributed by atoms with E-state index in [-0.39, 0.29) is 0 Å². The maximum atomic E-state index is 3.38. The van der Waals surface area contributed by atoms with Gasteiger partial charge in [-0.1, -0.05) is 13.3 Å². The van der Waals surface area contributed by atoms with Gasteiger partial charge in [-0.05, 0) is 70.2 Å². The van der Waals surface area contributed by atoms with Gasteiger partial charge in [0.1, 0.15) is 0 Å². The summed E-state index contributed by atoms with van der Waals surface area (Å²) in [6, 6.07) is 0. The number of rotatable bonds is 5. The van der Waals surface area contributed by atoms with Crippen molar-refractivity contribution in [1.29, 1.82) is 0 Å². The van der Waals surface area contributed by atoms with Crippen molar-refractivity contribution in [1.82, 2.24) is 10.2 Å². The van der Waals surface area contributed by atoms with Crippen LogP contribution in [0.3, 0.4) is 0 Å². The van der Waals surface area contributed by atoms with Gasteiger partial charge in [0.25, 0.3) is 0 Å². The highest BCUT2D eigenvalue weighted by Crippen LogP contribution is 2.25. The van der Waals surface area contributed by atoms with E-state index < -0.39 is 0 Å². The normalized spacial score (nSPS) is 25.4. The molecule has 15 heavy (non-hydrogen) atoms. The third kappa shape index (κ3) is 3.46. The molecule has 0 bridgehead atoms. The number of nitrogens with zero attached hydrogens (tertiary/aromatic N) is 1. The molecule has 2 rings (SSSR count). The predicted molar refractivity (Wildman–Crippen MR) is 65.0 cm³/mol. The van der Waals surface area contributed by atoms with Crippen molar-refractivity contribution < 1.29 is 0 Å². The van der Waals surface area contributed by atoms with Gasteiger partial charge in [0.15, 0.2) is 0 Å². The van der Waals surface area contributed by atoms with Gasteiger partial charge in [0.2, 0.25) is 0 Å². The summed E-state index contributed by atoms with van der Waals surface area (Å²) in [5.74, 6) is 2.05. The van der Waals surface area contributed by atoms with Gasteiger partial charge >= 0.3 is 0 Å². The van der Waals surface area contributed by atoms with Gasteiger partial charge in [-0.2, -0.15) is 0 Å². The Bertz CT molecular complexity index is 169. The van der Waals surface area contributed by atoms with E-state index in [9.17, 15) is 0 Å². The van der Waals surface area contributed by atoms with Crippen LogP contribution < -0.4 is 5.32 Å². The lowest BCUT2D eigenvalue weighted by Gasteiger charge is -2.36. The fourth-order valence-corrected chi connectivity index (χ4v) is 2.81. The highest BCUT2D eigenvalue weighted by atomic mass is 15.1. The minimum Gasteiger partial charge on any atom is -0.316 e. The molecule has 0 amide bonds. The lowest BCUT2D eigenvalue weighted by molar-refractivity contribution is 0.153. The minimum atomic E-state index is 1.01. The molecule has 0 radical (unpaired) electrons. The van der Waals surface area contributed by atoms with Crippen LogP contribution in [0.1, 0.15) is 39.0 Å². The Labute approximate surface area is 94.4 Å². The summed E-state index contributed by atoms with van der Waals surface area (Å²) in [5.41, 5.74) is 0. The summed E-state index contributed by atoms with van der Waals surface area (Å²) >= 11 is 0. The molecular formula is C13H26N2. The molecule has 2 fully saturated rings. The van der Waals surface area contributed by atoms with E-state index in [1.54, 1.807) is 0 Å². The Morgan fingerprint density at radius 3 is 2.40 bits per heavy atom. The molecule has 0 aromatic carbocycles. The zero-order valence-corrected chi connectivity index (χ0v) is 10.2. The first-order valence-electron chi connectivity index (χ1n) is 6.81. The second-order valence-corrected chi connectivity index (χ2v) is 5.40. The SMILES string of the molecule is CCCCN1CCC(CC2CNC2)CC1. The number of unbranched alkanes of at least 4 members (excludes halogenated alkanes) is 1. The smallest absolute Gasteiger partial charge is 0.000815 e. The number of likely N-dealkylation sites (tertiary alicyclic amines) is 1. The van der Waals surface area contributed by atoms with Gasteiger partial charge in [-0.3, -0.25) is 0 Å². The summed E-state index contributed by atoms with van der Waals surface area (Å²) < 4.78 is 0. The van der Waals surface area contributed by atoms with Crippen LogP contribution in [0.15, 0.2) is 0 Å². The molecule has 2 heteroatoms. The average molecular weight is 210 g/mol. The molecule has 0 unspecified atom stereocenters. The lowest BCUT2D eigenvalue weighted by Crippen LogP contribution is -2.44. The summed E-state index contributed by atoms with van der Waals surface area (Å²) in [4.78, 5) is 2.67. The zero-order chi connectivity index (χ0) is 10.5. The molecule has 1 N–H and O–H groups in total. The molecule has 2 nitrogen and oxygen atoms in total. The monoisotopic (exact) mass is 210 g/mol. The van der Waals surface area contributed by atoms with Crippen molar-refractivity contribution in [3.8, 4) is 0 Å². The molecule has 0 atom stereocenters. The van der Waals surface area contributed by atoms with Gasteiger partial charge in [-0.15, -0.1) is 0 Å². The van der Waals surface area contributed by atoms with Crippen LogP contribution in [0.2, 0.25) is 0 Å². The van der Waals surface area contributed by atoms with E-state index in [1.165, 1.54) is 64.8 Å². The third-order valence-corrected chi connectivity index (χ3v) is 4.07. The number of hydrogen-bond acceptors (Lipinski definition) is 2. The van der Waals surface area contributed by atoms with Gasteiger partial charge in [0, 0.05) is 0 Å². The minimum absolute atomic E-state index is 1.01. The molecule has 2 aliphatic heterocycles. The van der Waals surface area contributed by atoms with E-state index in [2.05, 4.69) is 17.1 Å². The highest BCUT2D eigenvalue weighted by Gasteiger charge is 2.24. The van der Waals surface area contributed by atoms with Crippen LogP contribution in [0, 0.1) is 11.8 Å². The van der Waals surface area contributed by atoms with Crippen molar-refractivity contribution in [3.05, 3.63) is 0 Å². The Morgan fingerprint density at radius 1 is 1.13 bits per heavy atom. The third-order valence-electron chi connectivity index (χ3n) is 4.07. The fraction of sp³-hybridized carbons (Fsp3) is 1.00. The van der Waals surface area contributed by atoms with E-state index in [4.69, 9.17) is 0 Å². The average Bonchev–Trinajstić information content (AvgIpc) is 2.22. The second kappa shape index (κ2) is 5.86. The van der Waals surface area contributed by atoms with E-state index >= 15 is 0 Å². The van der Waals surface area contributed by atoms with Crippen molar-refractivity contribution in [3.63, 3.8) is 0 Å². The standard InChI is InChI=1S/C13H26N2/c1-2-3-6-15-7-4-12(5-8-15)9-13-10-14-11-13/h12-14H,2-11H2,1H3. The molecule has 88 valence electrons. The maximum absolute atomic E-state index is 3.38. The van der Waals surface area contributed by atoms with Crippen molar-refractivity contribution in [2.75, 3.05) is 32.7 Å². The van der Waals surface area contributed by atoms with Crippen LogP contribution in [0.5, 0.6) is 0 Å². The van der Waals surface area contributed by atoms with Crippen LogP contribution in [-0.4, -0.2) is 37.6 Å². The molecule has 2 aliphatic rings. The highest BCUT2D eigenvalue weighted by molar-refractivity contribution is 4.80. The zero-order valence-electron chi connectivity index (χ0n) is 10.2. The molecular weight excluding hydrogens is 184 g/mol. The summed E-state index contributed by atoms with van der Waals surface area (Å²) in [6.45, 7) is 8.94. The van der Waals surface area contributed by atoms with Crippen molar-refractivity contribution >= 4 is 0 Å². The van der Waals surface area contributed by atoms with E-state index in [1.807, 2.05) is 0 Å². The number of hydrogen-bond donors (Lipinski definition) is 1. The molecule has 0 saturated carbocycles. The Balaban J connectivity index is 1.58. The summed E-state index contributed by atoms with van der Waals surface area (Å²) in [7, 11) is 0. The first kappa shape index (κ1) is 11.4. The first-order chi connectivity index (χ1) is 7.38. The van der Waals surface area contributed by atoms with Crippen LogP contribution in [0.25, 0.3) is 0 Å². The molecule has 0 aromatic rings. The van der Waals surface area contributed by atoms with E-state index in [0.29, 0.717) is 0 Å². The van der Waals surface area contributed by atoms with Crippen LogP contribution in [-0.2, 0) is 0 Å². The second-order valence-electron chi connectivity index (χ2n) is 5.40. The molecule has 0 aliphatic carbocycles. The number of nitrogens with one attached hydrogen (secondary N) is 1. The Morgan fingerprint density at radius 2 is 1.87 bits per heavy atom. The van der Waals surface area contributed by atoms with Gasteiger partial charge in [0.05, 0.1) is 0 Å². The van der Waals surface area contributed by atoms with Gasteiger partial charge < -0.3 is 10.2 Å². The van der Waals surface area contributed by atoms with Crippen molar-refractivity contribution in [2.24, 2.45) is 11.8 Å². The van der Waals surface area contributed by atoms with E-state index in [0.717, 1.165) is 11.8 Å². The molecule has 0 spiro atoms. The van der Waals surface area contributed by atoms with Crippen molar-refractivity contribution in [2.45, 2.75) is 39.0 Å². The maximum Gasteiger partial charge on any atom is -0.000815 e. The quantitative estimate of drug-likeness (QED) is 0.747. The number of piperidine rings is 1. The Hall–Kier alpha value is -0.0800. The predicted octanol–water partition coefficient (Wildman–Crippen LogP) is 2.11. The van der Waals surface area contributed by atoms with Crippen LogP contribution in [0.4, 0.5) is 0 Å². The molecule has 2 saturated heterocycles. The molecule has 0 aromatic heterocycles. The largest absolute Gasteiger partial charge is 0.316 e.